The number of nitrogens with one attached hydrogen (secondary N) is 1. The Morgan fingerprint density at radius 2 is 1.95 bits per heavy atom. The number of anilines is 2. The van der Waals surface area contributed by atoms with Gasteiger partial charge in [0.1, 0.15) is 10.6 Å². The highest BCUT2D eigenvalue weighted by Crippen LogP contribution is 2.26. The number of hydrogen-bond acceptors (Lipinski definition) is 4. The first-order valence-corrected chi connectivity index (χ1v) is 7.92. The normalized spacial score (nSPS) is 11.1. The van der Waals surface area contributed by atoms with Gasteiger partial charge in [-0.3, -0.25) is 4.72 Å². The van der Waals surface area contributed by atoms with Gasteiger partial charge in [-0.15, -0.1) is 0 Å². The summed E-state index contributed by atoms with van der Waals surface area (Å²) >= 11 is 3.24. The second-order valence-corrected chi connectivity index (χ2v) is 6.59. The summed E-state index contributed by atoms with van der Waals surface area (Å²) in [5.41, 5.74) is 6.33. The molecule has 7 heteroatoms. The predicted molar refractivity (Wildman–Crippen MR) is 82.4 cm³/mol. The van der Waals surface area contributed by atoms with E-state index in [9.17, 15) is 8.42 Å². The number of sulfonamides is 1. The first kappa shape index (κ1) is 14.7. The molecule has 0 saturated carbocycles. The van der Waals surface area contributed by atoms with E-state index in [1.165, 1.54) is 13.2 Å². The van der Waals surface area contributed by atoms with E-state index in [2.05, 4.69) is 20.7 Å². The zero-order valence-corrected chi connectivity index (χ0v) is 13.0. The van der Waals surface area contributed by atoms with Gasteiger partial charge in [0.25, 0.3) is 10.0 Å². The fourth-order valence-electron chi connectivity index (χ4n) is 1.66. The molecule has 0 spiro atoms. The third kappa shape index (κ3) is 3.23. The molecular weight excluding hydrogens is 344 g/mol. The van der Waals surface area contributed by atoms with E-state index in [0.29, 0.717) is 11.4 Å². The maximum atomic E-state index is 12.3. The van der Waals surface area contributed by atoms with E-state index in [1.54, 1.807) is 36.4 Å². The van der Waals surface area contributed by atoms with Gasteiger partial charge < -0.3 is 10.5 Å². The van der Waals surface area contributed by atoms with Crippen LogP contribution in [0.1, 0.15) is 0 Å². The second kappa shape index (κ2) is 5.72. The zero-order valence-electron chi connectivity index (χ0n) is 10.6. The first-order valence-electron chi connectivity index (χ1n) is 5.64. The van der Waals surface area contributed by atoms with Crippen LogP contribution in [0.4, 0.5) is 11.4 Å². The van der Waals surface area contributed by atoms with Crippen molar-refractivity contribution < 1.29 is 13.2 Å². The number of nitrogens with two attached hydrogens (primary N) is 1. The largest absolute Gasteiger partial charge is 0.497 e. The summed E-state index contributed by atoms with van der Waals surface area (Å²) in [7, 11) is -2.22. The van der Waals surface area contributed by atoms with Crippen molar-refractivity contribution in [2.75, 3.05) is 17.6 Å². The Labute approximate surface area is 125 Å². The number of methoxy groups -OCH3 is 1. The minimum atomic E-state index is -3.74. The fraction of sp³-hybridized carbons (Fsp3) is 0.0769. The number of halogens is 1. The summed E-state index contributed by atoms with van der Waals surface area (Å²) in [6.45, 7) is 0. The molecule has 0 amide bonds. The van der Waals surface area contributed by atoms with Crippen LogP contribution in [-0.2, 0) is 10.0 Å². The molecule has 0 atom stereocenters. The van der Waals surface area contributed by atoms with Crippen molar-refractivity contribution >= 4 is 37.3 Å². The standard InChI is InChI=1S/C13H13BrN2O3S/c1-19-11-4-2-3-10(8-11)16-20(17,18)13-6-5-9(14)7-12(13)15/h2-8,16H,15H2,1H3. The topological polar surface area (TPSA) is 81.4 Å². The fourth-order valence-corrected chi connectivity index (χ4v) is 3.20. The summed E-state index contributed by atoms with van der Waals surface area (Å²) in [4.78, 5) is 0.0310. The molecule has 0 aliphatic heterocycles. The van der Waals surface area contributed by atoms with Gasteiger partial charge in [-0.25, -0.2) is 8.42 Å². The Balaban J connectivity index is 2.35. The minimum absolute atomic E-state index is 0.0310. The molecule has 0 heterocycles. The molecule has 0 radical (unpaired) electrons. The lowest BCUT2D eigenvalue weighted by Gasteiger charge is -2.11. The molecular formula is C13H13BrN2O3S. The van der Waals surface area contributed by atoms with Crippen molar-refractivity contribution in [2.24, 2.45) is 0 Å². The lowest BCUT2D eigenvalue weighted by Crippen LogP contribution is -2.14. The summed E-state index contributed by atoms with van der Waals surface area (Å²) in [5.74, 6) is 0.564. The van der Waals surface area contributed by atoms with Crippen molar-refractivity contribution in [2.45, 2.75) is 4.90 Å². The Kier molecular flexibility index (Phi) is 4.20. The van der Waals surface area contributed by atoms with E-state index in [1.807, 2.05) is 0 Å². The maximum absolute atomic E-state index is 12.3. The number of ether oxygens (including phenoxy) is 1. The van der Waals surface area contributed by atoms with Gasteiger partial charge in [0, 0.05) is 10.5 Å². The first-order chi connectivity index (χ1) is 9.42. The van der Waals surface area contributed by atoms with Gasteiger partial charge >= 0.3 is 0 Å². The number of benzene rings is 2. The molecule has 0 fully saturated rings. The third-order valence-electron chi connectivity index (χ3n) is 2.58. The molecule has 0 unspecified atom stereocenters. The van der Waals surface area contributed by atoms with Crippen LogP contribution in [0.5, 0.6) is 5.75 Å². The van der Waals surface area contributed by atoms with Crippen LogP contribution in [0.15, 0.2) is 51.8 Å². The van der Waals surface area contributed by atoms with E-state index in [-0.39, 0.29) is 10.6 Å². The van der Waals surface area contributed by atoms with E-state index >= 15 is 0 Å². The molecule has 106 valence electrons. The summed E-state index contributed by atoms with van der Waals surface area (Å²) in [6.07, 6.45) is 0. The van der Waals surface area contributed by atoms with Crippen LogP contribution in [0.3, 0.4) is 0 Å². The Morgan fingerprint density at radius 3 is 2.60 bits per heavy atom. The number of rotatable bonds is 4. The van der Waals surface area contributed by atoms with Crippen molar-refractivity contribution in [1.29, 1.82) is 0 Å². The van der Waals surface area contributed by atoms with Crippen molar-refractivity contribution in [1.82, 2.24) is 0 Å². The molecule has 20 heavy (non-hydrogen) atoms. The monoisotopic (exact) mass is 356 g/mol. The Hall–Kier alpha value is -1.73. The molecule has 0 aromatic heterocycles. The molecule has 0 aliphatic rings. The highest BCUT2D eigenvalue weighted by Gasteiger charge is 2.17. The number of hydrogen-bond donors (Lipinski definition) is 2. The Morgan fingerprint density at radius 1 is 1.20 bits per heavy atom. The summed E-state index contributed by atoms with van der Waals surface area (Å²) < 4.78 is 32.8. The van der Waals surface area contributed by atoms with Crippen LogP contribution in [0.25, 0.3) is 0 Å². The average molecular weight is 357 g/mol. The molecule has 5 nitrogen and oxygen atoms in total. The lowest BCUT2D eigenvalue weighted by atomic mass is 10.3. The van der Waals surface area contributed by atoms with Crippen LogP contribution in [0.2, 0.25) is 0 Å². The van der Waals surface area contributed by atoms with Gasteiger partial charge in [-0.2, -0.15) is 0 Å². The Bertz CT molecular complexity index is 732. The third-order valence-corrected chi connectivity index (χ3v) is 4.53. The maximum Gasteiger partial charge on any atom is 0.263 e. The summed E-state index contributed by atoms with van der Waals surface area (Å²) in [5, 5.41) is 0. The van der Waals surface area contributed by atoms with Crippen molar-refractivity contribution in [3.8, 4) is 5.75 Å². The molecule has 2 aromatic carbocycles. The SMILES string of the molecule is COc1cccc(NS(=O)(=O)c2ccc(Br)cc2N)c1. The van der Waals surface area contributed by atoms with Crippen molar-refractivity contribution in [3.63, 3.8) is 0 Å². The average Bonchev–Trinajstić information content (AvgIpc) is 2.37. The van der Waals surface area contributed by atoms with Crippen LogP contribution < -0.4 is 15.2 Å². The highest BCUT2D eigenvalue weighted by atomic mass is 79.9. The molecule has 0 bridgehead atoms. The predicted octanol–water partition coefficient (Wildman–Crippen LogP) is 2.84. The van der Waals surface area contributed by atoms with Crippen LogP contribution in [-0.4, -0.2) is 15.5 Å². The van der Waals surface area contributed by atoms with Gasteiger partial charge in [-0.05, 0) is 30.3 Å². The quantitative estimate of drug-likeness (QED) is 0.825. The van der Waals surface area contributed by atoms with Crippen LogP contribution in [0, 0.1) is 0 Å². The lowest BCUT2D eigenvalue weighted by molar-refractivity contribution is 0.415. The van der Waals surface area contributed by atoms with Gasteiger partial charge in [-0.1, -0.05) is 22.0 Å². The molecule has 2 rings (SSSR count). The van der Waals surface area contributed by atoms with Crippen molar-refractivity contribution in [3.05, 3.63) is 46.9 Å². The summed E-state index contributed by atoms with van der Waals surface area (Å²) in [6, 6.07) is 11.3. The molecule has 0 saturated heterocycles. The van der Waals surface area contributed by atoms with Gasteiger partial charge in [0.05, 0.1) is 18.5 Å². The molecule has 2 aromatic rings. The van der Waals surface area contributed by atoms with Crippen LogP contribution >= 0.6 is 15.9 Å². The van der Waals surface area contributed by atoms with E-state index in [0.717, 1.165) is 4.47 Å². The van der Waals surface area contributed by atoms with E-state index < -0.39 is 10.0 Å². The highest BCUT2D eigenvalue weighted by molar-refractivity contribution is 9.10. The van der Waals surface area contributed by atoms with Gasteiger partial charge in [0.15, 0.2) is 0 Å². The molecule has 3 N–H and O–H groups in total. The number of nitrogen functional groups attached to an aromatic ring is 1. The minimum Gasteiger partial charge on any atom is -0.497 e. The van der Waals surface area contributed by atoms with E-state index in [4.69, 9.17) is 10.5 Å². The smallest absolute Gasteiger partial charge is 0.263 e. The second-order valence-electron chi connectivity index (χ2n) is 4.02. The van der Waals surface area contributed by atoms with Gasteiger partial charge in [0.2, 0.25) is 0 Å². The molecule has 0 aliphatic carbocycles. The zero-order chi connectivity index (χ0) is 14.8.